The number of benzene rings is 2. The number of halogens is 2. The van der Waals surface area contributed by atoms with Crippen LogP contribution in [0, 0.1) is 5.82 Å². The lowest BCUT2D eigenvalue weighted by Gasteiger charge is -2.14. The summed E-state index contributed by atoms with van der Waals surface area (Å²) in [7, 11) is 2.78. The molecule has 0 amide bonds. The van der Waals surface area contributed by atoms with Crippen LogP contribution in [0.15, 0.2) is 36.5 Å². The number of anilines is 2. The number of methoxy groups -OCH3 is 2. The highest BCUT2D eigenvalue weighted by Gasteiger charge is 2.19. The van der Waals surface area contributed by atoms with Gasteiger partial charge in [0.25, 0.3) is 0 Å². The zero-order valence-corrected chi connectivity index (χ0v) is 13.2. The van der Waals surface area contributed by atoms with E-state index in [1.165, 1.54) is 26.5 Å². The first-order chi connectivity index (χ1) is 11.1. The predicted molar refractivity (Wildman–Crippen MR) is 87.3 cm³/mol. The summed E-state index contributed by atoms with van der Waals surface area (Å²) in [5.41, 5.74) is 1.59. The van der Waals surface area contributed by atoms with E-state index in [0.29, 0.717) is 17.1 Å². The van der Waals surface area contributed by atoms with Crippen LogP contribution in [0.4, 0.5) is 15.9 Å². The summed E-state index contributed by atoms with van der Waals surface area (Å²) in [6.45, 7) is 0. The highest BCUT2D eigenvalue weighted by Crippen LogP contribution is 2.41. The van der Waals surface area contributed by atoms with Gasteiger partial charge in [-0.3, -0.25) is 4.98 Å². The zero-order chi connectivity index (χ0) is 16.4. The molecule has 0 saturated carbocycles. The first kappa shape index (κ1) is 15.3. The van der Waals surface area contributed by atoms with Crippen LogP contribution in [-0.4, -0.2) is 24.2 Å². The van der Waals surface area contributed by atoms with Crippen molar-refractivity contribution in [1.29, 1.82) is 0 Å². The molecule has 5 nitrogen and oxygen atoms in total. The fraction of sp³-hybridized carbons (Fsp3) is 0.125. The summed E-state index contributed by atoms with van der Waals surface area (Å²) in [5.74, 6) is -0.0364. The molecule has 0 aliphatic carbocycles. The van der Waals surface area contributed by atoms with E-state index in [2.05, 4.69) is 15.3 Å². The molecule has 3 rings (SSSR count). The molecule has 0 aliphatic heterocycles. The fourth-order valence-corrected chi connectivity index (χ4v) is 2.45. The van der Waals surface area contributed by atoms with E-state index in [0.717, 1.165) is 5.52 Å². The highest BCUT2D eigenvalue weighted by atomic mass is 35.5. The molecule has 3 aromatic rings. The van der Waals surface area contributed by atoms with E-state index < -0.39 is 5.82 Å². The summed E-state index contributed by atoms with van der Waals surface area (Å²) in [6.07, 6.45) is 1.52. The van der Waals surface area contributed by atoms with Crippen LogP contribution in [-0.2, 0) is 0 Å². The number of nitrogens with zero attached hydrogens (tertiary/aromatic N) is 2. The second kappa shape index (κ2) is 6.26. The Morgan fingerprint density at radius 3 is 2.57 bits per heavy atom. The maximum Gasteiger partial charge on any atom is 0.190 e. The Balaban J connectivity index is 2.04. The lowest BCUT2D eigenvalue weighted by atomic mass is 10.2. The largest absolute Gasteiger partial charge is 0.495 e. The van der Waals surface area contributed by atoms with E-state index in [-0.39, 0.29) is 16.5 Å². The van der Waals surface area contributed by atoms with Crippen LogP contribution in [0.1, 0.15) is 0 Å². The molecular weight excluding hydrogens is 321 g/mol. The Labute approximate surface area is 137 Å². The van der Waals surface area contributed by atoms with Gasteiger partial charge < -0.3 is 14.8 Å². The molecule has 2 aromatic carbocycles. The van der Waals surface area contributed by atoms with Gasteiger partial charge in [0.1, 0.15) is 16.6 Å². The summed E-state index contributed by atoms with van der Waals surface area (Å²) < 4.78 is 24.6. The molecule has 0 radical (unpaired) electrons. The minimum Gasteiger partial charge on any atom is -0.495 e. The molecule has 23 heavy (non-hydrogen) atoms. The van der Waals surface area contributed by atoms with Crippen molar-refractivity contribution < 1.29 is 13.9 Å². The standard InChI is InChI=1S/C16H13ClFN3O2/c1-22-12-7-11(15(18)16(23-2)14(12)17)21-13-8-19-9-5-3-4-6-10(9)20-13/h3-8H,1-2H3,(H,20,21). The maximum absolute atomic E-state index is 14.5. The second-order valence-electron chi connectivity index (χ2n) is 4.66. The molecule has 118 valence electrons. The third-order valence-electron chi connectivity index (χ3n) is 3.26. The molecule has 0 unspecified atom stereocenters. The molecule has 0 saturated heterocycles. The zero-order valence-electron chi connectivity index (χ0n) is 12.4. The van der Waals surface area contributed by atoms with Crippen molar-refractivity contribution in [2.45, 2.75) is 0 Å². The summed E-state index contributed by atoms with van der Waals surface area (Å²) >= 11 is 6.02. The second-order valence-corrected chi connectivity index (χ2v) is 5.03. The van der Waals surface area contributed by atoms with Crippen molar-refractivity contribution in [3.8, 4) is 11.5 Å². The van der Waals surface area contributed by atoms with Crippen LogP contribution in [0.3, 0.4) is 0 Å². The Hall–Kier alpha value is -2.60. The van der Waals surface area contributed by atoms with E-state index in [9.17, 15) is 4.39 Å². The van der Waals surface area contributed by atoms with Crippen LogP contribution >= 0.6 is 11.6 Å². The smallest absolute Gasteiger partial charge is 0.190 e. The molecule has 7 heteroatoms. The van der Waals surface area contributed by atoms with Gasteiger partial charge in [-0.25, -0.2) is 9.37 Å². The van der Waals surface area contributed by atoms with Crippen molar-refractivity contribution in [1.82, 2.24) is 9.97 Å². The Morgan fingerprint density at radius 2 is 1.87 bits per heavy atom. The SMILES string of the molecule is COc1cc(Nc2cnc3ccccc3n2)c(F)c(OC)c1Cl. The first-order valence-electron chi connectivity index (χ1n) is 6.73. The van der Waals surface area contributed by atoms with Crippen molar-refractivity contribution in [2.75, 3.05) is 19.5 Å². The number of nitrogens with one attached hydrogen (secondary N) is 1. The average Bonchev–Trinajstić information content (AvgIpc) is 2.58. The number of fused-ring (bicyclic) bond motifs is 1. The molecule has 0 aliphatic rings. The molecule has 0 atom stereocenters. The molecule has 0 bridgehead atoms. The van der Waals surface area contributed by atoms with Crippen molar-refractivity contribution >= 4 is 34.1 Å². The van der Waals surface area contributed by atoms with Gasteiger partial charge >= 0.3 is 0 Å². The number of rotatable bonds is 4. The Morgan fingerprint density at radius 1 is 1.13 bits per heavy atom. The van der Waals surface area contributed by atoms with Gasteiger partial charge in [0.05, 0.1) is 37.1 Å². The fourth-order valence-electron chi connectivity index (χ4n) is 2.16. The van der Waals surface area contributed by atoms with Crippen LogP contribution < -0.4 is 14.8 Å². The van der Waals surface area contributed by atoms with Gasteiger partial charge in [-0.1, -0.05) is 23.7 Å². The van der Waals surface area contributed by atoms with E-state index in [1.807, 2.05) is 24.3 Å². The van der Waals surface area contributed by atoms with Gasteiger partial charge in [0.2, 0.25) is 0 Å². The van der Waals surface area contributed by atoms with Gasteiger partial charge in [-0.15, -0.1) is 0 Å². The van der Waals surface area contributed by atoms with Crippen LogP contribution in [0.5, 0.6) is 11.5 Å². The van der Waals surface area contributed by atoms with Crippen LogP contribution in [0.25, 0.3) is 11.0 Å². The average molecular weight is 334 g/mol. The van der Waals surface area contributed by atoms with Crippen molar-refractivity contribution in [3.05, 3.63) is 47.4 Å². The van der Waals surface area contributed by atoms with E-state index in [4.69, 9.17) is 21.1 Å². The molecule has 1 aromatic heterocycles. The monoisotopic (exact) mass is 333 g/mol. The third-order valence-corrected chi connectivity index (χ3v) is 3.62. The van der Waals surface area contributed by atoms with Gasteiger partial charge in [-0.2, -0.15) is 0 Å². The first-order valence-corrected chi connectivity index (χ1v) is 7.10. The number of hydrogen-bond donors (Lipinski definition) is 1. The normalized spacial score (nSPS) is 10.6. The lowest BCUT2D eigenvalue weighted by molar-refractivity contribution is 0.375. The molecule has 1 heterocycles. The highest BCUT2D eigenvalue weighted by molar-refractivity contribution is 6.33. The number of hydrogen-bond acceptors (Lipinski definition) is 5. The topological polar surface area (TPSA) is 56.3 Å². The minimum atomic E-state index is -0.631. The van der Waals surface area contributed by atoms with Crippen LogP contribution in [0.2, 0.25) is 5.02 Å². The molecular formula is C16H13ClFN3O2. The lowest BCUT2D eigenvalue weighted by Crippen LogP contribution is -2.01. The van der Waals surface area contributed by atoms with E-state index >= 15 is 0 Å². The Kier molecular flexibility index (Phi) is 4.16. The minimum absolute atomic E-state index is 0.0719. The molecule has 0 fully saturated rings. The Bertz CT molecular complexity index is 873. The predicted octanol–water partition coefficient (Wildman–Crippen LogP) is 4.18. The number of ether oxygens (including phenoxy) is 2. The summed E-state index contributed by atoms with van der Waals surface area (Å²) in [5, 5.41) is 2.95. The number of aromatic nitrogens is 2. The van der Waals surface area contributed by atoms with Crippen molar-refractivity contribution in [3.63, 3.8) is 0 Å². The van der Waals surface area contributed by atoms with Gasteiger partial charge in [0.15, 0.2) is 11.6 Å². The summed E-state index contributed by atoms with van der Waals surface area (Å²) in [4.78, 5) is 8.66. The number of para-hydroxylation sites is 2. The quantitative estimate of drug-likeness (QED) is 0.776. The molecule has 0 spiro atoms. The van der Waals surface area contributed by atoms with Crippen molar-refractivity contribution in [2.24, 2.45) is 0 Å². The molecule has 1 N–H and O–H groups in total. The van der Waals surface area contributed by atoms with E-state index in [1.54, 1.807) is 0 Å². The van der Waals surface area contributed by atoms with Gasteiger partial charge in [0, 0.05) is 6.07 Å². The van der Waals surface area contributed by atoms with Gasteiger partial charge in [-0.05, 0) is 12.1 Å². The third kappa shape index (κ3) is 2.85. The summed E-state index contributed by atoms with van der Waals surface area (Å²) in [6, 6.07) is 8.85. The maximum atomic E-state index is 14.5.